The maximum absolute atomic E-state index is 12.6. The first-order valence-electron chi connectivity index (χ1n) is 8.60. The topological polar surface area (TPSA) is 42.8 Å². The van der Waals surface area contributed by atoms with Crippen LogP contribution in [0.25, 0.3) is 0 Å². The molecule has 126 valence electrons. The van der Waals surface area contributed by atoms with Gasteiger partial charge in [0.05, 0.1) is 19.3 Å². The van der Waals surface area contributed by atoms with E-state index in [4.69, 9.17) is 4.74 Å². The van der Waals surface area contributed by atoms with E-state index in [9.17, 15) is 4.79 Å². The van der Waals surface area contributed by atoms with Crippen LogP contribution in [0.2, 0.25) is 0 Å². The van der Waals surface area contributed by atoms with Crippen molar-refractivity contribution in [3.05, 3.63) is 46.2 Å². The van der Waals surface area contributed by atoms with Gasteiger partial charge >= 0.3 is 0 Å². The summed E-state index contributed by atoms with van der Waals surface area (Å²) in [6.45, 7) is 1.57. The standard InChI is InChI=1S/C19H22N2O2S/c1-23-16-5-3-2-4-15(16)20-18(22)12-21-10-8-17-14(9-11-24-17)19(21)13-6-7-13/h2-5,9,11,13,19H,6-8,10,12H2,1H3,(H,20,22)/p+1/t19-/m1/s1. The van der Waals surface area contributed by atoms with Crippen LogP contribution in [0.4, 0.5) is 5.69 Å². The molecule has 5 heteroatoms. The van der Waals surface area contributed by atoms with Crippen molar-refractivity contribution in [1.82, 2.24) is 0 Å². The summed E-state index contributed by atoms with van der Waals surface area (Å²) in [6, 6.07) is 10.4. The van der Waals surface area contributed by atoms with Gasteiger partial charge in [-0.05, 0) is 36.4 Å². The lowest BCUT2D eigenvalue weighted by Gasteiger charge is -2.32. The molecule has 1 aliphatic heterocycles. The summed E-state index contributed by atoms with van der Waals surface area (Å²) in [6.07, 6.45) is 3.70. The minimum Gasteiger partial charge on any atom is -0.495 e. The molecule has 4 nitrogen and oxygen atoms in total. The van der Waals surface area contributed by atoms with Gasteiger partial charge in [0.25, 0.3) is 5.91 Å². The fourth-order valence-electron chi connectivity index (χ4n) is 3.84. The number of thiophene rings is 1. The Bertz CT molecular complexity index is 738. The number of ether oxygens (including phenoxy) is 1. The smallest absolute Gasteiger partial charge is 0.279 e. The average molecular weight is 343 g/mol. The van der Waals surface area contributed by atoms with E-state index in [0.717, 1.165) is 24.6 Å². The van der Waals surface area contributed by atoms with Crippen LogP contribution in [-0.4, -0.2) is 26.1 Å². The number of hydrogen-bond acceptors (Lipinski definition) is 3. The van der Waals surface area contributed by atoms with E-state index in [1.807, 2.05) is 35.6 Å². The molecule has 0 bridgehead atoms. The first kappa shape index (κ1) is 15.7. The SMILES string of the molecule is COc1ccccc1NC(=O)C[NH+]1CCc2sccc2[C@H]1C1CC1. The predicted octanol–water partition coefficient (Wildman–Crippen LogP) is 2.29. The zero-order chi connectivity index (χ0) is 16.5. The Morgan fingerprint density at radius 1 is 1.33 bits per heavy atom. The molecule has 1 fully saturated rings. The Morgan fingerprint density at radius 2 is 2.17 bits per heavy atom. The van der Waals surface area contributed by atoms with Crippen molar-refractivity contribution < 1.29 is 14.4 Å². The number of fused-ring (bicyclic) bond motifs is 1. The fourth-order valence-corrected chi connectivity index (χ4v) is 4.77. The van der Waals surface area contributed by atoms with Gasteiger partial charge in [-0.1, -0.05) is 12.1 Å². The van der Waals surface area contributed by atoms with E-state index >= 15 is 0 Å². The molecule has 0 spiro atoms. The van der Waals surface area contributed by atoms with E-state index in [1.54, 1.807) is 7.11 Å². The summed E-state index contributed by atoms with van der Waals surface area (Å²) >= 11 is 1.87. The molecule has 2 atom stereocenters. The Hall–Kier alpha value is -1.85. The van der Waals surface area contributed by atoms with Crippen LogP contribution < -0.4 is 15.0 Å². The number of quaternary nitrogens is 1. The summed E-state index contributed by atoms with van der Waals surface area (Å²) < 4.78 is 5.32. The number of amides is 1. The third-order valence-corrected chi connectivity index (χ3v) is 6.09. The molecule has 1 unspecified atom stereocenters. The third kappa shape index (κ3) is 3.06. The third-order valence-electron chi connectivity index (χ3n) is 5.09. The van der Waals surface area contributed by atoms with Crippen LogP contribution in [0, 0.1) is 5.92 Å². The summed E-state index contributed by atoms with van der Waals surface area (Å²) in [7, 11) is 1.63. The molecule has 24 heavy (non-hydrogen) atoms. The Labute approximate surface area is 146 Å². The normalized spacial score (nSPS) is 22.7. The highest BCUT2D eigenvalue weighted by Crippen LogP contribution is 2.42. The average Bonchev–Trinajstić information content (AvgIpc) is 3.31. The molecule has 1 saturated carbocycles. The number of nitrogens with one attached hydrogen (secondary N) is 2. The quantitative estimate of drug-likeness (QED) is 0.875. The molecule has 0 saturated heterocycles. The molecule has 1 amide bonds. The van der Waals surface area contributed by atoms with Gasteiger partial charge in [-0.25, -0.2) is 0 Å². The molecule has 4 rings (SSSR count). The first-order chi connectivity index (χ1) is 11.8. The highest BCUT2D eigenvalue weighted by atomic mass is 32.1. The maximum atomic E-state index is 12.6. The molecule has 1 aromatic carbocycles. The van der Waals surface area contributed by atoms with Crippen LogP contribution in [0.5, 0.6) is 5.75 Å². The van der Waals surface area contributed by atoms with E-state index in [-0.39, 0.29) is 5.91 Å². The Balaban J connectivity index is 1.47. The van der Waals surface area contributed by atoms with Gasteiger partial charge in [-0.3, -0.25) is 4.79 Å². The lowest BCUT2D eigenvalue weighted by molar-refractivity contribution is -0.928. The molecule has 1 aromatic heterocycles. The van der Waals surface area contributed by atoms with E-state index < -0.39 is 0 Å². The molecule has 2 heterocycles. The second-order valence-electron chi connectivity index (χ2n) is 6.70. The zero-order valence-corrected chi connectivity index (χ0v) is 14.7. The fraction of sp³-hybridized carbons (Fsp3) is 0.421. The van der Waals surface area contributed by atoms with Crippen molar-refractivity contribution in [2.45, 2.75) is 25.3 Å². The number of rotatable bonds is 5. The number of methoxy groups -OCH3 is 1. The monoisotopic (exact) mass is 343 g/mol. The van der Waals surface area contributed by atoms with Gasteiger partial charge in [0, 0.05) is 22.8 Å². The van der Waals surface area contributed by atoms with Crippen LogP contribution in [0.3, 0.4) is 0 Å². The highest BCUT2D eigenvalue weighted by molar-refractivity contribution is 7.10. The summed E-state index contributed by atoms with van der Waals surface area (Å²) in [5.74, 6) is 1.53. The predicted molar refractivity (Wildman–Crippen MR) is 95.8 cm³/mol. The lowest BCUT2D eigenvalue weighted by Crippen LogP contribution is -3.14. The van der Waals surface area contributed by atoms with E-state index in [0.29, 0.717) is 18.3 Å². The number of benzene rings is 1. The van der Waals surface area contributed by atoms with E-state index in [2.05, 4.69) is 16.8 Å². The van der Waals surface area contributed by atoms with Gasteiger partial charge in [0.15, 0.2) is 6.54 Å². The minimum atomic E-state index is 0.0684. The lowest BCUT2D eigenvalue weighted by atomic mass is 9.96. The molecular weight excluding hydrogens is 320 g/mol. The van der Waals surface area contributed by atoms with Crippen LogP contribution in [0.1, 0.15) is 29.3 Å². The van der Waals surface area contributed by atoms with Crippen LogP contribution >= 0.6 is 11.3 Å². The summed E-state index contributed by atoms with van der Waals surface area (Å²) in [5, 5.41) is 5.23. The second-order valence-corrected chi connectivity index (χ2v) is 7.70. The maximum Gasteiger partial charge on any atom is 0.279 e. The second kappa shape index (κ2) is 6.57. The van der Waals surface area contributed by atoms with Crippen LogP contribution in [0.15, 0.2) is 35.7 Å². The molecule has 0 radical (unpaired) electrons. The van der Waals surface area contributed by atoms with Gasteiger partial charge in [-0.15, -0.1) is 11.3 Å². The zero-order valence-electron chi connectivity index (χ0n) is 13.9. The number of anilines is 1. The molecular formula is C19H23N2O2S+. The van der Waals surface area contributed by atoms with Crippen molar-refractivity contribution in [2.24, 2.45) is 5.92 Å². The molecule has 1 aliphatic carbocycles. The van der Waals surface area contributed by atoms with Crippen LogP contribution in [-0.2, 0) is 11.2 Å². The summed E-state index contributed by atoms with van der Waals surface area (Å²) in [5.41, 5.74) is 2.24. The van der Waals surface area contributed by atoms with Gasteiger partial charge < -0.3 is 15.0 Å². The van der Waals surface area contributed by atoms with Crippen molar-refractivity contribution in [3.8, 4) is 5.75 Å². The summed E-state index contributed by atoms with van der Waals surface area (Å²) in [4.78, 5) is 15.5. The van der Waals surface area contributed by atoms with E-state index in [1.165, 1.54) is 28.2 Å². The molecule has 2 aliphatic rings. The van der Waals surface area contributed by atoms with Gasteiger partial charge in [0.2, 0.25) is 0 Å². The number of carbonyl (C=O) groups is 1. The number of para-hydroxylation sites is 2. The van der Waals surface area contributed by atoms with Crippen molar-refractivity contribution in [1.29, 1.82) is 0 Å². The molecule has 2 aromatic rings. The van der Waals surface area contributed by atoms with Crippen molar-refractivity contribution in [3.63, 3.8) is 0 Å². The first-order valence-corrected chi connectivity index (χ1v) is 9.48. The van der Waals surface area contributed by atoms with Crippen molar-refractivity contribution >= 4 is 22.9 Å². The highest BCUT2D eigenvalue weighted by Gasteiger charge is 2.43. The number of hydrogen-bond donors (Lipinski definition) is 2. The largest absolute Gasteiger partial charge is 0.495 e. The van der Waals surface area contributed by atoms with Gasteiger partial charge in [-0.2, -0.15) is 0 Å². The minimum absolute atomic E-state index is 0.0684. The number of carbonyl (C=O) groups excluding carboxylic acids is 1. The Kier molecular flexibility index (Phi) is 4.29. The van der Waals surface area contributed by atoms with Gasteiger partial charge in [0.1, 0.15) is 11.8 Å². The Morgan fingerprint density at radius 3 is 2.96 bits per heavy atom. The van der Waals surface area contributed by atoms with Crippen molar-refractivity contribution in [2.75, 3.05) is 25.5 Å². The molecule has 2 N–H and O–H groups in total.